The van der Waals surface area contributed by atoms with Gasteiger partial charge in [0.1, 0.15) is 11.4 Å². The molecule has 1 fully saturated rings. The summed E-state index contributed by atoms with van der Waals surface area (Å²) in [7, 11) is 0. The number of carbonyl (C=O) groups is 1. The number of carbonyl (C=O) groups excluding carboxylic acids is 1. The fourth-order valence-electron chi connectivity index (χ4n) is 2.66. The Bertz CT molecular complexity index is 1000. The molecule has 142 valence electrons. The topological polar surface area (TPSA) is 145 Å². The summed E-state index contributed by atoms with van der Waals surface area (Å²) in [5.41, 5.74) is 13.1. The molecule has 6 N–H and O–H groups in total. The predicted octanol–water partition coefficient (Wildman–Crippen LogP) is 1.68. The van der Waals surface area contributed by atoms with E-state index in [9.17, 15) is 4.79 Å². The number of hydrogen-bond acceptors (Lipinski definition) is 8. The van der Waals surface area contributed by atoms with Gasteiger partial charge in [0, 0.05) is 41.9 Å². The van der Waals surface area contributed by atoms with Crippen LogP contribution in [0.4, 0.5) is 17.5 Å². The molecular formula is C19H20N8O. The molecule has 28 heavy (non-hydrogen) atoms. The van der Waals surface area contributed by atoms with Gasteiger partial charge in [0.25, 0.3) is 5.91 Å². The Morgan fingerprint density at radius 3 is 2.64 bits per heavy atom. The molecule has 0 spiro atoms. The Hall–Kier alpha value is -3.59. The first-order valence-corrected chi connectivity index (χ1v) is 8.87. The van der Waals surface area contributed by atoms with E-state index < -0.39 is 5.91 Å². The second kappa shape index (κ2) is 7.20. The van der Waals surface area contributed by atoms with Crippen molar-refractivity contribution >= 4 is 23.4 Å². The normalized spacial score (nSPS) is 14.3. The van der Waals surface area contributed by atoms with Crippen molar-refractivity contribution < 1.29 is 4.79 Å². The number of primary amides is 1. The second-order valence-electron chi connectivity index (χ2n) is 6.81. The van der Waals surface area contributed by atoms with Gasteiger partial charge in [-0.05, 0) is 31.0 Å². The van der Waals surface area contributed by atoms with Crippen molar-refractivity contribution in [3.8, 4) is 11.4 Å². The molecule has 9 heteroatoms. The first-order chi connectivity index (χ1) is 13.5. The highest BCUT2D eigenvalue weighted by molar-refractivity contribution is 5.98. The van der Waals surface area contributed by atoms with E-state index in [1.54, 1.807) is 18.5 Å². The number of nitrogens with two attached hydrogens (primary N) is 2. The fraction of sp³-hybridized carbons (Fsp3) is 0.211. The van der Waals surface area contributed by atoms with E-state index in [0.29, 0.717) is 24.1 Å². The molecule has 1 aliphatic carbocycles. The molecule has 1 amide bonds. The van der Waals surface area contributed by atoms with Crippen molar-refractivity contribution in [1.82, 2.24) is 19.9 Å². The average molecular weight is 376 g/mol. The molecule has 3 aromatic rings. The quantitative estimate of drug-likeness (QED) is 0.487. The maximum Gasteiger partial charge on any atom is 0.254 e. The van der Waals surface area contributed by atoms with E-state index in [2.05, 4.69) is 30.6 Å². The SMILES string of the molecule is NC(=O)c1cnc(NCC2(N)CC2)nc1Nc1cccc(-c2ncccn2)c1. The summed E-state index contributed by atoms with van der Waals surface area (Å²) in [4.78, 5) is 28.8. The second-order valence-corrected chi connectivity index (χ2v) is 6.81. The molecule has 1 aliphatic rings. The summed E-state index contributed by atoms with van der Waals surface area (Å²) in [5, 5.41) is 6.26. The summed E-state index contributed by atoms with van der Waals surface area (Å²) in [6.45, 7) is 0.573. The Balaban J connectivity index is 1.59. The molecule has 2 aromatic heterocycles. The van der Waals surface area contributed by atoms with Crippen LogP contribution in [0, 0.1) is 0 Å². The minimum absolute atomic E-state index is 0.191. The van der Waals surface area contributed by atoms with E-state index in [-0.39, 0.29) is 11.1 Å². The van der Waals surface area contributed by atoms with Gasteiger partial charge in [-0.2, -0.15) is 4.98 Å². The van der Waals surface area contributed by atoms with Crippen LogP contribution < -0.4 is 22.1 Å². The third kappa shape index (κ3) is 4.04. The van der Waals surface area contributed by atoms with Crippen molar-refractivity contribution in [2.45, 2.75) is 18.4 Å². The number of amides is 1. The van der Waals surface area contributed by atoms with Gasteiger partial charge in [-0.1, -0.05) is 12.1 Å². The van der Waals surface area contributed by atoms with Crippen LogP contribution in [0.1, 0.15) is 23.2 Å². The lowest BCUT2D eigenvalue weighted by molar-refractivity contribution is 0.100. The third-order valence-corrected chi connectivity index (χ3v) is 4.49. The molecule has 0 atom stereocenters. The van der Waals surface area contributed by atoms with E-state index in [0.717, 1.165) is 24.1 Å². The average Bonchev–Trinajstić information content (AvgIpc) is 3.45. The Kier molecular flexibility index (Phi) is 4.58. The van der Waals surface area contributed by atoms with Gasteiger partial charge >= 0.3 is 0 Å². The molecule has 0 radical (unpaired) electrons. The molecule has 1 saturated carbocycles. The zero-order chi connectivity index (χ0) is 19.6. The van der Waals surface area contributed by atoms with Crippen LogP contribution >= 0.6 is 0 Å². The summed E-state index contributed by atoms with van der Waals surface area (Å²) in [5.74, 6) is 0.683. The number of aromatic nitrogens is 4. The van der Waals surface area contributed by atoms with Crippen LogP contribution in [-0.4, -0.2) is 37.9 Å². The maximum absolute atomic E-state index is 11.8. The Morgan fingerprint density at radius 1 is 1.14 bits per heavy atom. The summed E-state index contributed by atoms with van der Waals surface area (Å²) >= 11 is 0. The molecule has 1 aromatic carbocycles. The highest BCUT2D eigenvalue weighted by Crippen LogP contribution is 2.32. The van der Waals surface area contributed by atoms with Crippen LogP contribution in [0.3, 0.4) is 0 Å². The van der Waals surface area contributed by atoms with E-state index in [4.69, 9.17) is 11.5 Å². The van der Waals surface area contributed by atoms with Crippen molar-refractivity contribution in [2.75, 3.05) is 17.2 Å². The molecule has 0 bridgehead atoms. The van der Waals surface area contributed by atoms with E-state index in [1.165, 1.54) is 6.20 Å². The van der Waals surface area contributed by atoms with Crippen molar-refractivity contribution in [1.29, 1.82) is 0 Å². The monoisotopic (exact) mass is 376 g/mol. The first-order valence-electron chi connectivity index (χ1n) is 8.87. The zero-order valence-electron chi connectivity index (χ0n) is 15.1. The van der Waals surface area contributed by atoms with Crippen molar-refractivity contribution in [3.63, 3.8) is 0 Å². The van der Waals surface area contributed by atoms with Gasteiger partial charge in [0.2, 0.25) is 5.95 Å². The molecule has 9 nitrogen and oxygen atoms in total. The highest BCUT2D eigenvalue weighted by atomic mass is 16.1. The van der Waals surface area contributed by atoms with Crippen molar-refractivity contribution in [3.05, 3.63) is 54.5 Å². The van der Waals surface area contributed by atoms with E-state index in [1.807, 2.05) is 24.3 Å². The molecule has 4 rings (SSSR count). The molecular weight excluding hydrogens is 356 g/mol. The van der Waals surface area contributed by atoms with Crippen LogP contribution in [-0.2, 0) is 0 Å². The molecule has 0 saturated heterocycles. The lowest BCUT2D eigenvalue weighted by atomic mass is 10.2. The lowest BCUT2D eigenvalue weighted by Gasteiger charge is -2.14. The van der Waals surface area contributed by atoms with Crippen LogP contribution in [0.2, 0.25) is 0 Å². The van der Waals surface area contributed by atoms with Crippen LogP contribution in [0.15, 0.2) is 48.9 Å². The lowest BCUT2D eigenvalue weighted by Crippen LogP contribution is -2.31. The predicted molar refractivity (Wildman–Crippen MR) is 106 cm³/mol. The van der Waals surface area contributed by atoms with Crippen molar-refractivity contribution in [2.24, 2.45) is 11.5 Å². The number of nitrogens with zero attached hydrogens (tertiary/aromatic N) is 4. The number of anilines is 3. The van der Waals surface area contributed by atoms with Crippen LogP contribution in [0.5, 0.6) is 0 Å². The minimum atomic E-state index is -0.617. The number of benzene rings is 1. The molecule has 0 aliphatic heterocycles. The smallest absolute Gasteiger partial charge is 0.254 e. The Morgan fingerprint density at radius 2 is 1.93 bits per heavy atom. The van der Waals surface area contributed by atoms with Crippen LogP contribution in [0.25, 0.3) is 11.4 Å². The number of nitrogens with one attached hydrogen (secondary N) is 2. The summed E-state index contributed by atoms with van der Waals surface area (Å²) in [6, 6.07) is 9.25. The number of rotatable bonds is 7. The summed E-state index contributed by atoms with van der Waals surface area (Å²) in [6.07, 6.45) is 6.71. The minimum Gasteiger partial charge on any atom is -0.365 e. The third-order valence-electron chi connectivity index (χ3n) is 4.49. The Labute approximate surface area is 161 Å². The van der Waals surface area contributed by atoms with Gasteiger partial charge in [0.05, 0.1) is 0 Å². The van der Waals surface area contributed by atoms with Gasteiger partial charge in [-0.3, -0.25) is 4.79 Å². The fourth-order valence-corrected chi connectivity index (χ4v) is 2.66. The standard InChI is InChI=1S/C19H20N8O/c20-15(28)14-10-24-18(25-11-19(21)5-6-19)27-17(14)26-13-4-1-3-12(9-13)16-22-7-2-8-23-16/h1-4,7-10H,5-6,11,21H2,(H2,20,28)(H2,24,25,26,27). The van der Waals surface area contributed by atoms with Gasteiger partial charge in [-0.25, -0.2) is 15.0 Å². The van der Waals surface area contributed by atoms with E-state index >= 15 is 0 Å². The highest BCUT2D eigenvalue weighted by Gasteiger charge is 2.38. The summed E-state index contributed by atoms with van der Waals surface area (Å²) < 4.78 is 0. The number of hydrogen-bond donors (Lipinski definition) is 4. The maximum atomic E-state index is 11.8. The molecule has 2 heterocycles. The largest absolute Gasteiger partial charge is 0.365 e. The zero-order valence-corrected chi connectivity index (χ0v) is 15.1. The van der Waals surface area contributed by atoms with Gasteiger partial charge < -0.3 is 22.1 Å². The molecule has 0 unspecified atom stereocenters. The van der Waals surface area contributed by atoms with Gasteiger partial charge in [-0.15, -0.1) is 0 Å². The first kappa shape index (κ1) is 17.8. The van der Waals surface area contributed by atoms with Gasteiger partial charge in [0.15, 0.2) is 5.82 Å².